The van der Waals surface area contributed by atoms with Crippen molar-refractivity contribution < 1.29 is 58.8 Å². The zero-order valence-corrected chi connectivity index (χ0v) is 33.0. The molecule has 2 rings (SSSR count). The SMILES string of the molecule is NC(Cc1ccccc1)C(=O)NNC(=O)CCc1ccc(CNC(=O)CCCCCNC(=O)CN(CCN(CC(=O)O)CC(=O)O)CCN(CC(=O)O)CC(=O)O)cc1. The number of nitrogens with one attached hydrogen (secondary N) is 4. The Balaban J connectivity index is 1.68. The number of carbonyl (C=O) groups is 8. The average Bonchev–Trinajstić information content (AvgIpc) is 3.17. The summed E-state index contributed by atoms with van der Waals surface area (Å²) >= 11 is 0. The maximum absolute atomic E-state index is 12.8. The predicted octanol–water partition coefficient (Wildman–Crippen LogP) is -1.13. The third-order valence-electron chi connectivity index (χ3n) is 8.78. The van der Waals surface area contributed by atoms with Crippen molar-refractivity contribution in [3.63, 3.8) is 0 Å². The maximum atomic E-state index is 12.8. The van der Waals surface area contributed by atoms with Crippen LogP contribution in [-0.4, -0.2) is 154 Å². The van der Waals surface area contributed by atoms with Crippen LogP contribution in [0.15, 0.2) is 54.6 Å². The molecule has 0 heterocycles. The topological polar surface area (TPSA) is 301 Å². The number of hydrogen-bond acceptors (Lipinski definition) is 12. The van der Waals surface area contributed by atoms with E-state index in [0.29, 0.717) is 45.2 Å². The van der Waals surface area contributed by atoms with Gasteiger partial charge in [-0.15, -0.1) is 0 Å². The number of benzene rings is 2. The van der Waals surface area contributed by atoms with Crippen LogP contribution >= 0.6 is 0 Å². The summed E-state index contributed by atoms with van der Waals surface area (Å²) in [4.78, 5) is 98.3. The van der Waals surface area contributed by atoms with E-state index in [2.05, 4.69) is 21.5 Å². The summed E-state index contributed by atoms with van der Waals surface area (Å²) in [6.07, 6.45) is 2.97. The van der Waals surface area contributed by atoms with Crippen molar-refractivity contribution in [2.45, 2.75) is 57.5 Å². The highest BCUT2D eigenvalue weighted by atomic mass is 16.4. The first-order valence-corrected chi connectivity index (χ1v) is 19.1. The van der Waals surface area contributed by atoms with E-state index in [1.54, 1.807) is 4.90 Å². The Morgan fingerprint density at radius 3 is 1.59 bits per heavy atom. The van der Waals surface area contributed by atoms with Gasteiger partial charge < -0.3 is 36.8 Å². The Bertz CT molecular complexity index is 1610. The van der Waals surface area contributed by atoms with Gasteiger partial charge in [0.15, 0.2) is 0 Å². The van der Waals surface area contributed by atoms with Crippen molar-refractivity contribution in [1.29, 1.82) is 0 Å². The van der Waals surface area contributed by atoms with E-state index in [9.17, 15) is 38.4 Å². The van der Waals surface area contributed by atoms with Crippen molar-refractivity contribution in [1.82, 2.24) is 36.2 Å². The summed E-state index contributed by atoms with van der Waals surface area (Å²) in [7, 11) is 0. The van der Waals surface area contributed by atoms with Crippen molar-refractivity contribution in [2.75, 3.05) is 65.4 Å². The molecule has 0 bridgehead atoms. The maximum Gasteiger partial charge on any atom is 0.317 e. The summed E-state index contributed by atoms with van der Waals surface area (Å²) < 4.78 is 0. The van der Waals surface area contributed by atoms with Crippen LogP contribution in [0.5, 0.6) is 0 Å². The van der Waals surface area contributed by atoms with Gasteiger partial charge in [0.1, 0.15) is 0 Å². The number of hydrogen-bond donors (Lipinski definition) is 9. The molecular weight excluding hydrogens is 772 g/mol. The first kappa shape index (κ1) is 49.2. The molecule has 0 spiro atoms. The highest BCUT2D eigenvalue weighted by Crippen LogP contribution is 2.08. The van der Waals surface area contributed by atoms with Gasteiger partial charge in [0.25, 0.3) is 5.91 Å². The molecule has 59 heavy (non-hydrogen) atoms. The van der Waals surface area contributed by atoms with E-state index < -0.39 is 67.9 Å². The first-order chi connectivity index (χ1) is 28.1. The Morgan fingerprint density at radius 2 is 1.05 bits per heavy atom. The van der Waals surface area contributed by atoms with E-state index in [4.69, 9.17) is 26.2 Å². The zero-order chi connectivity index (χ0) is 43.6. The van der Waals surface area contributed by atoms with E-state index in [1.165, 1.54) is 0 Å². The summed E-state index contributed by atoms with van der Waals surface area (Å²) in [5.74, 6) is -6.35. The molecule has 0 aliphatic carbocycles. The fraction of sp³-hybridized carbons (Fsp3) is 0.487. The Morgan fingerprint density at radius 1 is 0.525 bits per heavy atom. The minimum absolute atomic E-state index is 0.0343. The standard InChI is InChI=1S/C39H56N8O12/c40-31(21-29-7-3-1-4-8-29)39(59)44-43-33(49)15-14-28-10-12-30(13-11-28)22-42-32(48)9-5-2-6-16-41-34(50)23-45(17-19-46(24-35(51)52)25-36(53)54)18-20-47(26-37(55)56)27-38(57)58/h1,3-4,7-8,10-13,31H,2,5-6,9,14-27,40H2,(H,41,50)(H,42,48)(H,43,49)(H,44,59)(H,51,52)(H,53,54)(H,55,56)(H,57,58). The normalized spacial score (nSPS) is 11.5. The molecule has 0 radical (unpaired) electrons. The lowest BCUT2D eigenvalue weighted by Crippen LogP contribution is -2.50. The van der Waals surface area contributed by atoms with Crippen LogP contribution in [0.1, 0.15) is 48.8 Å². The molecule has 20 nitrogen and oxygen atoms in total. The molecule has 0 aromatic heterocycles. The fourth-order valence-electron chi connectivity index (χ4n) is 5.72. The van der Waals surface area contributed by atoms with Gasteiger partial charge in [0.2, 0.25) is 17.7 Å². The molecule has 0 saturated heterocycles. The van der Waals surface area contributed by atoms with Crippen molar-refractivity contribution in [2.24, 2.45) is 5.73 Å². The van der Waals surface area contributed by atoms with E-state index in [-0.39, 0.29) is 57.4 Å². The molecule has 2 aromatic carbocycles. The Kier molecular flexibility index (Phi) is 23.0. The smallest absolute Gasteiger partial charge is 0.317 e. The largest absolute Gasteiger partial charge is 0.480 e. The summed E-state index contributed by atoms with van der Waals surface area (Å²) in [6, 6.07) is 15.9. The lowest BCUT2D eigenvalue weighted by molar-refractivity contribution is -0.143. The summed E-state index contributed by atoms with van der Waals surface area (Å²) in [5, 5.41) is 42.2. The number of nitrogens with two attached hydrogens (primary N) is 1. The lowest BCUT2D eigenvalue weighted by Gasteiger charge is -2.28. The number of carboxylic acid groups (broad SMARTS) is 4. The van der Waals surface area contributed by atoms with E-state index in [1.807, 2.05) is 54.6 Å². The number of aryl methyl sites for hydroxylation is 1. The van der Waals surface area contributed by atoms with Crippen LogP contribution in [0.25, 0.3) is 0 Å². The first-order valence-electron chi connectivity index (χ1n) is 19.1. The molecule has 0 aliphatic rings. The van der Waals surface area contributed by atoms with Crippen LogP contribution in [0.3, 0.4) is 0 Å². The summed E-state index contributed by atoms with van der Waals surface area (Å²) in [5.41, 5.74) is 13.4. The monoisotopic (exact) mass is 828 g/mol. The van der Waals surface area contributed by atoms with Gasteiger partial charge in [-0.3, -0.25) is 63.9 Å². The quantitative estimate of drug-likeness (QED) is 0.0333. The second-order valence-electron chi connectivity index (χ2n) is 13.9. The summed E-state index contributed by atoms with van der Waals surface area (Å²) in [6.45, 7) is -1.75. The van der Waals surface area contributed by atoms with Gasteiger partial charge in [0.05, 0.1) is 38.8 Å². The number of nitrogens with zero attached hydrogens (tertiary/aromatic N) is 3. The molecular formula is C39H56N8O12. The predicted molar refractivity (Wildman–Crippen MR) is 212 cm³/mol. The second-order valence-corrected chi connectivity index (χ2v) is 13.9. The number of hydrazine groups is 1. The van der Waals surface area contributed by atoms with Crippen molar-refractivity contribution >= 4 is 47.5 Å². The number of carbonyl (C=O) groups excluding carboxylic acids is 4. The minimum atomic E-state index is -1.24. The Labute approximate surface area is 342 Å². The average molecular weight is 829 g/mol. The molecule has 4 amide bonds. The van der Waals surface area contributed by atoms with Crippen molar-refractivity contribution in [3.05, 3.63) is 71.3 Å². The van der Waals surface area contributed by atoms with Gasteiger partial charge in [-0.05, 0) is 42.4 Å². The zero-order valence-electron chi connectivity index (χ0n) is 33.0. The Hall–Kier alpha value is -5.96. The second kappa shape index (κ2) is 27.6. The molecule has 1 unspecified atom stereocenters. The van der Waals surface area contributed by atoms with E-state index in [0.717, 1.165) is 26.5 Å². The van der Waals surface area contributed by atoms with Crippen LogP contribution < -0.4 is 27.2 Å². The number of carboxylic acids is 4. The molecule has 1 atom stereocenters. The number of amides is 4. The molecule has 2 aromatic rings. The van der Waals surface area contributed by atoms with Crippen LogP contribution in [0.2, 0.25) is 0 Å². The molecule has 0 saturated carbocycles. The highest BCUT2D eigenvalue weighted by molar-refractivity contribution is 5.85. The van der Waals surface area contributed by atoms with Crippen LogP contribution in [-0.2, 0) is 57.7 Å². The minimum Gasteiger partial charge on any atom is -0.480 e. The third-order valence-corrected chi connectivity index (χ3v) is 8.78. The van der Waals surface area contributed by atoms with Gasteiger partial charge in [-0.2, -0.15) is 0 Å². The molecule has 0 aliphatic heterocycles. The highest BCUT2D eigenvalue weighted by Gasteiger charge is 2.20. The fourth-order valence-corrected chi connectivity index (χ4v) is 5.72. The van der Waals surface area contributed by atoms with Crippen LogP contribution in [0.4, 0.5) is 0 Å². The molecule has 20 heteroatoms. The van der Waals surface area contributed by atoms with Gasteiger partial charge >= 0.3 is 23.9 Å². The van der Waals surface area contributed by atoms with Gasteiger partial charge in [-0.1, -0.05) is 61.0 Å². The lowest BCUT2D eigenvalue weighted by atomic mass is 10.1. The van der Waals surface area contributed by atoms with Gasteiger partial charge in [0, 0.05) is 52.1 Å². The van der Waals surface area contributed by atoms with E-state index >= 15 is 0 Å². The molecule has 324 valence electrons. The van der Waals surface area contributed by atoms with Crippen LogP contribution in [0, 0.1) is 0 Å². The third kappa shape index (κ3) is 23.8. The van der Waals surface area contributed by atoms with Crippen molar-refractivity contribution in [3.8, 4) is 0 Å². The molecule has 10 N–H and O–H groups in total. The number of unbranched alkanes of at least 4 members (excludes halogenated alkanes) is 2. The number of aliphatic carboxylic acids is 4. The molecule has 0 fully saturated rings. The number of rotatable bonds is 30. The van der Waals surface area contributed by atoms with Gasteiger partial charge in [-0.25, -0.2) is 0 Å².